The van der Waals surface area contributed by atoms with Gasteiger partial charge in [0, 0.05) is 32.1 Å². The molecule has 4 fully saturated rings. The maximum Gasteiger partial charge on any atom is 0.392 e. The number of rotatable bonds is 9. The summed E-state index contributed by atoms with van der Waals surface area (Å²) < 4.78 is 94.9. The zero-order valence-corrected chi connectivity index (χ0v) is 22.6. The lowest BCUT2D eigenvalue weighted by Gasteiger charge is -2.34. The first-order valence-corrected chi connectivity index (χ1v) is 14.4. The molecule has 0 spiro atoms. The van der Waals surface area contributed by atoms with E-state index >= 15 is 0 Å². The van der Waals surface area contributed by atoms with Crippen LogP contribution in [0.15, 0.2) is 18.5 Å². The average molecular weight is 604 g/mol. The molecule has 0 bridgehead atoms. The molecule has 42 heavy (non-hydrogen) atoms. The van der Waals surface area contributed by atoms with E-state index in [1.165, 1.54) is 10.7 Å². The quantitative estimate of drug-likeness (QED) is 0.349. The topological polar surface area (TPSA) is 88.4 Å². The fraction of sp³-hybridized carbons (Fsp3) is 0.714. The van der Waals surface area contributed by atoms with Gasteiger partial charge in [-0.25, -0.2) is 27.1 Å². The monoisotopic (exact) mass is 603 g/mol. The minimum atomic E-state index is -4.48. The van der Waals surface area contributed by atoms with Crippen LogP contribution in [0.1, 0.15) is 87.5 Å². The molecule has 4 saturated carbocycles. The normalized spacial score (nSPS) is 27.2. The average Bonchev–Trinajstić information content (AvgIpc) is 3.80. The Morgan fingerprint density at radius 1 is 0.976 bits per heavy atom. The number of imidazole rings is 1. The van der Waals surface area contributed by atoms with Crippen molar-refractivity contribution >= 4 is 17.5 Å². The van der Waals surface area contributed by atoms with E-state index in [4.69, 9.17) is 0 Å². The lowest BCUT2D eigenvalue weighted by molar-refractivity contribution is -0.155. The molecule has 0 aliphatic heterocycles. The highest BCUT2D eigenvalue weighted by Gasteiger charge is 2.59. The van der Waals surface area contributed by atoms with Crippen molar-refractivity contribution in [2.45, 2.75) is 94.3 Å². The molecular weight excluding hydrogens is 571 g/mol. The van der Waals surface area contributed by atoms with Gasteiger partial charge in [0.05, 0.1) is 42.0 Å². The molecule has 14 heteroatoms. The van der Waals surface area contributed by atoms with Crippen LogP contribution in [0.2, 0.25) is 0 Å². The molecule has 4 aliphatic carbocycles. The van der Waals surface area contributed by atoms with Crippen molar-refractivity contribution in [3.05, 3.63) is 29.7 Å². The number of alkyl halides is 7. The molecule has 2 aromatic heterocycles. The van der Waals surface area contributed by atoms with E-state index in [9.17, 15) is 40.3 Å². The van der Waals surface area contributed by atoms with Gasteiger partial charge in [0.25, 0.3) is 0 Å². The second-order valence-corrected chi connectivity index (χ2v) is 12.6. The van der Waals surface area contributed by atoms with Crippen LogP contribution in [0.3, 0.4) is 0 Å². The lowest BCUT2D eigenvalue weighted by Crippen LogP contribution is -2.39. The maximum absolute atomic E-state index is 13.9. The van der Waals surface area contributed by atoms with Gasteiger partial charge in [-0.15, -0.1) is 0 Å². The maximum atomic E-state index is 13.9. The summed E-state index contributed by atoms with van der Waals surface area (Å²) in [5.41, 5.74) is 1.34. The zero-order chi connectivity index (χ0) is 30.0. The number of amides is 2. The summed E-state index contributed by atoms with van der Waals surface area (Å²) in [6.07, 6.45) is -1.18. The first-order valence-electron chi connectivity index (χ1n) is 14.4. The van der Waals surface area contributed by atoms with Crippen LogP contribution in [-0.4, -0.2) is 44.4 Å². The number of nitrogens with one attached hydrogen (secondary N) is 2. The van der Waals surface area contributed by atoms with Crippen LogP contribution in [0, 0.1) is 29.6 Å². The molecule has 0 aromatic carbocycles. The van der Waals surface area contributed by atoms with Crippen molar-refractivity contribution in [3.63, 3.8) is 0 Å². The predicted octanol–water partition coefficient (Wildman–Crippen LogP) is 5.91. The van der Waals surface area contributed by atoms with E-state index in [1.54, 1.807) is 12.3 Å². The van der Waals surface area contributed by atoms with Crippen molar-refractivity contribution in [3.8, 4) is 0 Å². The van der Waals surface area contributed by atoms with Gasteiger partial charge in [0.15, 0.2) is 5.65 Å². The first-order chi connectivity index (χ1) is 19.7. The Morgan fingerprint density at radius 3 is 2.24 bits per heavy atom. The van der Waals surface area contributed by atoms with Crippen LogP contribution in [-0.2, 0) is 9.59 Å². The molecular formula is C28H32F7N5O2. The van der Waals surface area contributed by atoms with E-state index in [2.05, 4.69) is 20.7 Å². The summed E-state index contributed by atoms with van der Waals surface area (Å²) in [6, 6.07) is 0.458. The molecule has 2 heterocycles. The fourth-order valence-electron chi connectivity index (χ4n) is 6.49. The SMILES string of the molecule is O=C(CC1CC(F)(F)C1)NC(c1cnn2cc([C@@H](NC(=O)C3CC3C(F)(F)F)C3CCC(F)(F)CC3)nc2c1)C1CC1. The summed E-state index contributed by atoms with van der Waals surface area (Å²) in [4.78, 5) is 30.0. The van der Waals surface area contributed by atoms with Crippen molar-refractivity contribution in [2.24, 2.45) is 29.6 Å². The minimum Gasteiger partial charge on any atom is -0.349 e. The molecule has 3 unspecified atom stereocenters. The Labute approximate surface area is 237 Å². The summed E-state index contributed by atoms with van der Waals surface area (Å²) in [5, 5.41) is 10.0. The van der Waals surface area contributed by atoms with E-state index in [0.29, 0.717) is 16.9 Å². The van der Waals surface area contributed by atoms with E-state index in [0.717, 1.165) is 12.8 Å². The molecule has 4 atom stereocenters. The molecule has 6 rings (SSSR count). The van der Waals surface area contributed by atoms with Crippen LogP contribution < -0.4 is 10.6 Å². The number of aromatic nitrogens is 3. The second kappa shape index (κ2) is 10.4. The number of halogens is 7. The Bertz CT molecular complexity index is 1340. The third-order valence-corrected chi connectivity index (χ3v) is 9.17. The molecule has 230 valence electrons. The molecule has 4 aliphatic rings. The largest absolute Gasteiger partial charge is 0.392 e. The Morgan fingerprint density at radius 2 is 1.64 bits per heavy atom. The van der Waals surface area contributed by atoms with Crippen molar-refractivity contribution in [1.82, 2.24) is 25.2 Å². The molecule has 2 aromatic rings. The lowest BCUT2D eigenvalue weighted by atomic mass is 9.79. The predicted molar refractivity (Wildman–Crippen MR) is 134 cm³/mol. The number of fused-ring (bicyclic) bond motifs is 1. The number of hydrogen-bond donors (Lipinski definition) is 2. The third kappa shape index (κ3) is 6.36. The molecule has 7 nitrogen and oxygen atoms in total. The van der Waals surface area contributed by atoms with E-state index in [1.807, 2.05) is 0 Å². The third-order valence-electron chi connectivity index (χ3n) is 9.17. The van der Waals surface area contributed by atoms with Gasteiger partial charge in [-0.1, -0.05) is 0 Å². The van der Waals surface area contributed by atoms with Gasteiger partial charge in [-0.2, -0.15) is 18.3 Å². The Balaban J connectivity index is 1.20. The smallest absolute Gasteiger partial charge is 0.349 e. The highest BCUT2D eigenvalue weighted by molar-refractivity contribution is 5.82. The fourth-order valence-corrected chi connectivity index (χ4v) is 6.49. The minimum absolute atomic E-state index is 0.0139. The van der Waals surface area contributed by atoms with Gasteiger partial charge in [-0.3, -0.25) is 9.59 Å². The molecule has 2 amide bonds. The highest BCUT2D eigenvalue weighted by atomic mass is 19.4. The zero-order valence-electron chi connectivity index (χ0n) is 22.6. The van der Waals surface area contributed by atoms with Crippen LogP contribution in [0.5, 0.6) is 0 Å². The molecule has 2 N–H and O–H groups in total. The van der Waals surface area contributed by atoms with Crippen LogP contribution in [0.25, 0.3) is 5.65 Å². The summed E-state index contributed by atoms with van der Waals surface area (Å²) in [5.74, 6) is -10.2. The number of nitrogens with zero attached hydrogens (tertiary/aromatic N) is 3. The van der Waals surface area contributed by atoms with Gasteiger partial charge >= 0.3 is 6.18 Å². The van der Waals surface area contributed by atoms with Crippen molar-refractivity contribution in [1.29, 1.82) is 0 Å². The Kier molecular flexibility index (Phi) is 7.19. The van der Waals surface area contributed by atoms with Crippen molar-refractivity contribution < 1.29 is 40.3 Å². The second-order valence-electron chi connectivity index (χ2n) is 12.6. The van der Waals surface area contributed by atoms with Gasteiger partial charge < -0.3 is 10.6 Å². The number of hydrogen-bond acceptors (Lipinski definition) is 4. The standard InChI is InChI=1S/C28H32F7N5O2/c29-26(30)5-3-16(4-6-26)24(39-25(42)18-9-19(18)28(33,34)35)20-13-40-21(37-20)8-17(12-36-40)23(15-1-2-15)38-22(41)7-14-10-27(31,32)11-14/h8,12-16,18-19,23-24H,1-7,9-11H2,(H,38,41)(H,39,42)/t18?,19?,23?,24-/m0/s1. The van der Waals surface area contributed by atoms with E-state index < -0.39 is 60.6 Å². The van der Waals surface area contributed by atoms with Gasteiger partial charge in [0.1, 0.15) is 0 Å². The summed E-state index contributed by atoms with van der Waals surface area (Å²) >= 11 is 0. The molecule has 0 saturated heterocycles. The van der Waals surface area contributed by atoms with Crippen molar-refractivity contribution in [2.75, 3.05) is 0 Å². The number of carbonyl (C=O) groups excluding carboxylic acids is 2. The van der Waals surface area contributed by atoms with Gasteiger partial charge in [-0.05, 0) is 61.5 Å². The first kappa shape index (κ1) is 29.2. The Hall–Kier alpha value is -2.93. The summed E-state index contributed by atoms with van der Waals surface area (Å²) in [7, 11) is 0. The van der Waals surface area contributed by atoms with Crippen LogP contribution in [0.4, 0.5) is 30.7 Å². The highest BCUT2D eigenvalue weighted by Crippen LogP contribution is 2.51. The molecule has 0 radical (unpaired) electrons. The number of carbonyl (C=O) groups is 2. The van der Waals surface area contributed by atoms with Gasteiger partial charge in [0.2, 0.25) is 23.7 Å². The van der Waals surface area contributed by atoms with E-state index in [-0.39, 0.29) is 62.3 Å². The summed E-state index contributed by atoms with van der Waals surface area (Å²) in [6.45, 7) is 0. The van der Waals surface area contributed by atoms with Crippen LogP contribution >= 0.6 is 0 Å².